The summed E-state index contributed by atoms with van der Waals surface area (Å²) in [5.41, 5.74) is 0.326. The van der Waals surface area contributed by atoms with Crippen molar-refractivity contribution in [2.75, 3.05) is 20.3 Å². The zero-order chi connectivity index (χ0) is 19.2. The summed E-state index contributed by atoms with van der Waals surface area (Å²) >= 11 is 3.18. The number of ketones is 1. The number of hydrogen-bond donors (Lipinski definition) is 1. The number of halogens is 1. The van der Waals surface area contributed by atoms with Crippen LogP contribution in [0.1, 0.15) is 10.4 Å². The molecule has 1 N–H and O–H groups in total. The zero-order valence-corrected chi connectivity index (χ0v) is 16.2. The molecule has 2 aromatic carbocycles. The highest BCUT2D eigenvalue weighted by Gasteiger charge is 2.17. The highest BCUT2D eigenvalue weighted by atomic mass is 79.9. The topological polar surface area (TPSA) is 98.8 Å². The van der Waals surface area contributed by atoms with Crippen LogP contribution in [0.15, 0.2) is 57.9 Å². The molecule has 0 aliphatic rings. The van der Waals surface area contributed by atoms with E-state index in [4.69, 9.17) is 9.47 Å². The molecule has 0 atom stereocenters. The molecule has 138 valence electrons. The molecule has 0 radical (unpaired) electrons. The fourth-order valence-electron chi connectivity index (χ4n) is 1.95. The van der Waals surface area contributed by atoms with Crippen LogP contribution >= 0.6 is 15.9 Å². The SMILES string of the molecule is COc1cccc(C(=O)COC(=O)CNS(=O)(=O)c2cccc(Br)c2)c1. The third-order valence-corrected chi connectivity index (χ3v) is 5.16. The largest absolute Gasteiger partial charge is 0.497 e. The van der Waals surface area contributed by atoms with Gasteiger partial charge in [0.05, 0.1) is 12.0 Å². The van der Waals surface area contributed by atoms with Crippen LogP contribution in [-0.2, 0) is 19.6 Å². The summed E-state index contributed by atoms with van der Waals surface area (Å²) in [6.45, 7) is -1.08. The maximum absolute atomic E-state index is 12.1. The van der Waals surface area contributed by atoms with Gasteiger partial charge in [-0.2, -0.15) is 4.72 Å². The van der Waals surface area contributed by atoms with Crippen LogP contribution < -0.4 is 9.46 Å². The average Bonchev–Trinajstić information content (AvgIpc) is 2.64. The number of carbonyl (C=O) groups is 2. The van der Waals surface area contributed by atoms with Gasteiger partial charge in [-0.15, -0.1) is 0 Å². The van der Waals surface area contributed by atoms with E-state index in [2.05, 4.69) is 20.7 Å². The number of hydrogen-bond acceptors (Lipinski definition) is 6. The van der Waals surface area contributed by atoms with Crippen LogP contribution in [0.25, 0.3) is 0 Å². The Morgan fingerprint density at radius 1 is 1.12 bits per heavy atom. The van der Waals surface area contributed by atoms with Crippen LogP contribution in [0, 0.1) is 0 Å². The van der Waals surface area contributed by atoms with E-state index in [0.717, 1.165) is 0 Å². The fraction of sp³-hybridized carbons (Fsp3) is 0.176. The number of esters is 1. The van der Waals surface area contributed by atoms with Crippen molar-refractivity contribution < 1.29 is 27.5 Å². The molecule has 0 amide bonds. The molecular formula is C17H16BrNO6S. The first-order chi connectivity index (χ1) is 12.3. The lowest BCUT2D eigenvalue weighted by molar-refractivity contribution is -0.141. The van der Waals surface area contributed by atoms with Gasteiger partial charge < -0.3 is 9.47 Å². The number of rotatable bonds is 8. The van der Waals surface area contributed by atoms with Crippen molar-refractivity contribution in [1.29, 1.82) is 0 Å². The van der Waals surface area contributed by atoms with Crippen molar-refractivity contribution in [3.8, 4) is 5.75 Å². The molecule has 0 fully saturated rings. The summed E-state index contributed by atoms with van der Waals surface area (Å²) in [7, 11) is -2.39. The lowest BCUT2D eigenvalue weighted by atomic mass is 10.1. The number of nitrogens with one attached hydrogen (secondary N) is 1. The van der Waals surface area contributed by atoms with E-state index in [1.54, 1.807) is 30.3 Å². The summed E-state index contributed by atoms with van der Waals surface area (Å²) < 4.78 is 36.8. The quantitative estimate of drug-likeness (QED) is 0.497. The first kappa shape index (κ1) is 20.1. The Bertz CT molecular complexity index is 913. The van der Waals surface area contributed by atoms with Crippen molar-refractivity contribution in [1.82, 2.24) is 4.72 Å². The minimum atomic E-state index is -3.86. The number of methoxy groups -OCH3 is 1. The van der Waals surface area contributed by atoms with Crippen molar-refractivity contribution in [3.63, 3.8) is 0 Å². The molecule has 0 aliphatic heterocycles. The summed E-state index contributed by atoms with van der Waals surface area (Å²) in [6, 6.07) is 12.4. The number of carbonyl (C=O) groups excluding carboxylic acids is 2. The molecule has 0 heterocycles. The van der Waals surface area contributed by atoms with Gasteiger partial charge in [0.1, 0.15) is 12.3 Å². The second-order valence-electron chi connectivity index (χ2n) is 5.10. The smallest absolute Gasteiger partial charge is 0.321 e. The van der Waals surface area contributed by atoms with Crippen LogP contribution in [0.2, 0.25) is 0 Å². The second-order valence-corrected chi connectivity index (χ2v) is 7.78. The van der Waals surface area contributed by atoms with Crippen molar-refractivity contribution in [2.24, 2.45) is 0 Å². The number of benzene rings is 2. The molecule has 7 nitrogen and oxygen atoms in total. The highest BCUT2D eigenvalue weighted by Crippen LogP contribution is 2.16. The Hall–Kier alpha value is -2.23. The molecule has 0 unspecified atom stereocenters. The Kier molecular flexibility index (Phi) is 6.90. The molecule has 0 spiro atoms. The van der Waals surface area contributed by atoms with E-state index in [1.165, 1.54) is 25.3 Å². The van der Waals surface area contributed by atoms with Crippen LogP contribution in [0.4, 0.5) is 0 Å². The Labute approximate surface area is 159 Å². The van der Waals surface area contributed by atoms with Crippen molar-refractivity contribution in [3.05, 3.63) is 58.6 Å². The summed E-state index contributed by atoms with van der Waals surface area (Å²) in [5.74, 6) is -0.782. The fourth-order valence-corrected chi connectivity index (χ4v) is 3.51. The lowest BCUT2D eigenvalue weighted by Gasteiger charge is -2.08. The van der Waals surface area contributed by atoms with Gasteiger partial charge in [-0.05, 0) is 30.3 Å². The lowest BCUT2D eigenvalue weighted by Crippen LogP contribution is -2.31. The summed E-state index contributed by atoms with van der Waals surface area (Å²) in [5, 5.41) is 0. The predicted octanol–water partition coefficient (Wildman–Crippen LogP) is 2.16. The van der Waals surface area contributed by atoms with E-state index in [9.17, 15) is 18.0 Å². The van der Waals surface area contributed by atoms with E-state index in [-0.39, 0.29) is 4.90 Å². The van der Waals surface area contributed by atoms with E-state index in [1.807, 2.05) is 0 Å². The van der Waals surface area contributed by atoms with Gasteiger partial charge in [0.25, 0.3) is 0 Å². The van der Waals surface area contributed by atoms with Crippen LogP contribution in [-0.4, -0.2) is 40.4 Å². The monoisotopic (exact) mass is 441 g/mol. The third kappa shape index (κ3) is 5.65. The Morgan fingerprint density at radius 2 is 1.85 bits per heavy atom. The molecule has 9 heteroatoms. The zero-order valence-electron chi connectivity index (χ0n) is 13.8. The molecule has 26 heavy (non-hydrogen) atoms. The highest BCUT2D eigenvalue weighted by molar-refractivity contribution is 9.10. The van der Waals surface area contributed by atoms with Gasteiger partial charge in [-0.3, -0.25) is 9.59 Å². The van der Waals surface area contributed by atoms with Crippen molar-refractivity contribution in [2.45, 2.75) is 4.90 Å². The first-order valence-electron chi connectivity index (χ1n) is 7.40. The van der Waals surface area contributed by atoms with Gasteiger partial charge in [-0.1, -0.05) is 34.1 Å². The van der Waals surface area contributed by atoms with Gasteiger partial charge in [0.2, 0.25) is 10.0 Å². The van der Waals surface area contributed by atoms with Gasteiger partial charge in [-0.25, -0.2) is 8.42 Å². The molecular weight excluding hydrogens is 426 g/mol. The average molecular weight is 442 g/mol. The van der Waals surface area contributed by atoms with Gasteiger partial charge >= 0.3 is 5.97 Å². The van der Waals surface area contributed by atoms with E-state index < -0.39 is 34.9 Å². The molecule has 0 aliphatic carbocycles. The van der Waals surface area contributed by atoms with E-state index in [0.29, 0.717) is 15.8 Å². The second kappa shape index (κ2) is 8.93. The molecule has 0 saturated heterocycles. The third-order valence-electron chi connectivity index (χ3n) is 3.27. The molecule has 0 aromatic heterocycles. The number of Topliss-reactive ketones (excluding diaryl/α,β-unsaturated/α-hetero) is 1. The predicted molar refractivity (Wildman–Crippen MR) is 97.6 cm³/mol. The van der Waals surface area contributed by atoms with Crippen molar-refractivity contribution >= 4 is 37.7 Å². The van der Waals surface area contributed by atoms with E-state index >= 15 is 0 Å². The molecule has 0 bridgehead atoms. The molecule has 0 saturated carbocycles. The first-order valence-corrected chi connectivity index (χ1v) is 9.67. The minimum absolute atomic E-state index is 0.00660. The Balaban J connectivity index is 1.87. The maximum atomic E-state index is 12.1. The summed E-state index contributed by atoms with van der Waals surface area (Å²) in [6.07, 6.45) is 0. The Morgan fingerprint density at radius 3 is 2.54 bits per heavy atom. The van der Waals surface area contributed by atoms with Crippen LogP contribution in [0.5, 0.6) is 5.75 Å². The molecule has 2 rings (SSSR count). The maximum Gasteiger partial charge on any atom is 0.321 e. The standard InChI is InChI=1S/C17H16BrNO6S/c1-24-14-6-2-4-12(8-14)16(20)11-25-17(21)10-19-26(22,23)15-7-3-5-13(18)9-15/h2-9,19H,10-11H2,1H3. The summed E-state index contributed by atoms with van der Waals surface area (Å²) in [4.78, 5) is 23.7. The van der Waals surface area contributed by atoms with Gasteiger partial charge in [0.15, 0.2) is 12.4 Å². The van der Waals surface area contributed by atoms with Gasteiger partial charge in [0, 0.05) is 10.0 Å². The number of ether oxygens (including phenoxy) is 2. The number of sulfonamides is 1. The van der Waals surface area contributed by atoms with Crippen LogP contribution in [0.3, 0.4) is 0 Å². The minimum Gasteiger partial charge on any atom is -0.497 e. The molecule has 2 aromatic rings. The normalized spacial score (nSPS) is 11.0.